The Balaban J connectivity index is 1.63. The lowest BCUT2D eigenvalue weighted by atomic mass is 10.1. The summed E-state index contributed by atoms with van der Waals surface area (Å²) in [4.78, 5) is 12.3. The summed E-state index contributed by atoms with van der Waals surface area (Å²) in [5.74, 6) is 0.533. The Morgan fingerprint density at radius 2 is 2.35 bits per heavy atom. The Bertz CT molecular complexity index is 778. The van der Waals surface area contributed by atoms with Gasteiger partial charge in [0.15, 0.2) is 0 Å². The molecular weight excluding hydrogens is 294 g/mol. The number of amides is 1. The summed E-state index contributed by atoms with van der Waals surface area (Å²) in [5.41, 5.74) is 1.19. The molecule has 0 unspecified atom stereocenters. The lowest BCUT2D eigenvalue weighted by Gasteiger charge is -2.09. The van der Waals surface area contributed by atoms with Crippen LogP contribution in [0.5, 0.6) is 5.75 Å². The molecule has 120 valence electrons. The predicted octanol–water partition coefficient (Wildman–Crippen LogP) is 2.85. The first-order chi connectivity index (χ1) is 11.3. The average molecular weight is 313 g/mol. The number of rotatable bonds is 7. The predicted molar refractivity (Wildman–Crippen MR) is 86.6 cm³/mol. The van der Waals surface area contributed by atoms with Gasteiger partial charge in [-0.1, -0.05) is 0 Å². The van der Waals surface area contributed by atoms with Crippen molar-refractivity contribution in [3.63, 3.8) is 0 Å². The molecule has 0 saturated carbocycles. The van der Waals surface area contributed by atoms with Crippen LogP contribution in [0.3, 0.4) is 0 Å². The quantitative estimate of drug-likeness (QED) is 0.681. The SMILES string of the molecule is CCOc1cc(C(=O)NCCCn2cccn2)cc2occc12. The summed E-state index contributed by atoms with van der Waals surface area (Å²) in [7, 11) is 0. The van der Waals surface area contributed by atoms with Gasteiger partial charge in [-0.15, -0.1) is 0 Å². The average Bonchev–Trinajstić information content (AvgIpc) is 3.22. The molecule has 1 aromatic carbocycles. The molecular formula is C17H19N3O3. The van der Waals surface area contributed by atoms with Gasteiger partial charge in [-0.2, -0.15) is 5.10 Å². The number of carbonyl (C=O) groups excluding carboxylic acids is 1. The summed E-state index contributed by atoms with van der Waals surface area (Å²) in [6.07, 6.45) is 6.06. The Kier molecular flexibility index (Phi) is 4.61. The molecule has 0 spiro atoms. The molecule has 1 amide bonds. The zero-order valence-corrected chi connectivity index (χ0v) is 13.0. The zero-order chi connectivity index (χ0) is 16.1. The third-order valence-electron chi connectivity index (χ3n) is 3.50. The molecule has 0 aliphatic rings. The van der Waals surface area contributed by atoms with E-state index in [1.807, 2.05) is 29.9 Å². The molecule has 0 saturated heterocycles. The third-order valence-corrected chi connectivity index (χ3v) is 3.50. The van der Waals surface area contributed by atoms with Gasteiger partial charge in [-0.3, -0.25) is 9.48 Å². The van der Waals surface area contributed by atoms with Crippen LogP contribution < -0.4 is 10.1 Å². The fourth-order valence-corrected chi connectivity index (χ4v) is 2.42. The van der Waals surface area contributed by atoms with Gasteiger partial charge in [-0.25, -0.2) is 0 Å². The molecule has 3 aromatic rings. The second-order valence-corrected chi connectivity index (χ2v) is 5.12. The van der Waals surface area contributed by atoms with Crippen LogP contribution in [0.25, 0.3) is 11.0 Å². The van der Waals surface area contributed by atoms with Crippen molar-refractivity contribution in [3.8, 4) is 5.75 Å². The van der Waals surface area contributed by atoms with E-state index in [9.17, 15) is 4.79 Å². The summed E-state index contributed by atoms with van der Waals surface area (Å²) in [6, 6.07) is 7.21. The van der Waals surface area contributed by atoms with Crippen molar-refractivity contribution < 1.29 is 13.9 Å². The van der Waals surface area contributed by atoms with Crippen LogP contribution in [0, 0.1) is 0 Å². The van der Waals surface area contributed by atoms with Gasteiger partial charge in [0.2, 0.25) is 0 Å². The van der Waals surface area contributed by atoms with Crippen LogP contribution in [0.15, 0.2) is 47.3 Å². The number of ether oxygens (including phenoxy) is 1. The Labute approximate surface area is 134 Å². The molecule has 6 nitrogen and oxygen atoms in total. The molecule has 0 bridgehead atoms. The molecule has 1 N–H and O–H groups in total. The van der Waals surface area contributed by atoms with Gasteiger partial charge in [0.1, 0.15) is 11.3 Å². The number of fused-ring (bicyclic) bond motifs is 1. The summed E-state index contributed by atoms with van der Waals surface area (Å²) < 4.78 is 12.8. The van der Waals surface area contributed by atoms with E-state index in [2.05, 4.69) is 10.4 Å². The third kappa shape index (κ3) is 3.53. The largest absolute Gasteiger partial charge is 0.493 e. The lowest BCUT2D eigenvalue weighted by Crippen LogP contribution is -2.25. The Morgan fingerprint density at radius 1 is 1.43 bits per heavy atom. The highest BCUT2D eigenvalue weighted by atomic mass is 16.5. The van der Waals surface area contributed by atoms with E-state index in [0.717, 1.165) is 18.4 Å². The van der Waals surface area contributed by atoms with Crippen LogP contribution in [-0.2, 0) is 6.54 Å². The van der Waals surface area contributed by atoms with E-state index in [0.29, 0.717) is 30.0 Å². The van der Waals surface area contributed by atoms with Gasteiger partial charge < -0.3 is 14.5 Å². The van der Waals surface area contributed by atoms with Crippen LogP contribution >= 0.6 is 0 Å². The van der Waals surface area contributed by atoms with Crippen molar-refractivity contribution in [1.29, 1.82) is 0 Å². The maximum atomic E-state index is 12.3. The normalized spacial score (nSPS) is 10.8. The molecule has 0 aliphatic heterocycles. The minimum atomic E-state index is -0.135. The van der Waals surface area contributed by atoms with Gasteiger partial charge in [0.25, 0.3) is 5.91 Å². The van der Waals surface area contributed by atoms with E-state index in [-0.39, 0.29) is 5.91 Å². The Hall–Kier alpha value is -2.76. The van der Waals surface area contributed by atoms with E-state index in [4.69, 9.17) is 9.15 Å². The highest BCUT2D eigenvalue weighted by Gasteiger charge is 2.12. The number of aromatic nitrogens is 2. The number of hydrogen-bond acceptors (Lipinski definition) is 4. The van der Waals surface area contributed by atoms with Gasteiger partial charge >= 0.3 is 0 Å². The second kappa shape index (κ2) is 7.00. The second-order valence-electron chi connectivity index (χ2n) is 5.12. The van der Waals surface area contributed by atoms with E-state index in [1.165, 1.54) is 0 Å². The molecule has 2 aromatic heterocycles. The minimum absolute atomic E-state index is 0.135. The monoisotopic (exact) mass is 313 g/mol. The molecule has 0 aliphatic carbocycles. The first-order valence-electron chi connectivity index (χ1n) is 7.67. The van der Waals surface area contributed by atoms with Crippen molar-refractivity contribution in [1.82, 2.24) is 15.1 Å². The van der Waals surface area contributed by atoms with Crippen molar-refractivity contribution in [2.24, 2.45) is 0 Å². The zero-order valence-electron chi connectivity index (χ0n) is 13.0. The summed E-state index contributed by atoms with van der Waals surface area (Å²) >= 11 is 0. The molecule has 0 atom stereocenters. The van der Waals surface area contributed by atoms with E-state index in [1.54, 1.807) is 24.6 Å². The smallest absolute Gasteiger partial charge is 0.251 e. The van der Waals surface area contributed by atoms with Crippen LogP contribution in [0.4, 0.5) is 0 Å². The first kappa shape index (κ1) is 15.1. The van der Waals surface area contributed by atoms with Crippen LogP contribution in [-0.4, -0.2) is 28.8 Å². The maximum absolute atomic E-state index is 12.3. The number of aryl methyl sites for hydroxylation is 1. The molecule has 2 heterocycles. The van der Waals surface area contributed by atoms with Crippen molar-refractivity contribution in [3.05, 3.63) is 48.5 Å². The number of nitrogens with zero attached hydrogens (tertiary/aromatic N) is 2. The number of carbonyl (C=O) groups is 1. The van der Waals surface area contributed by atoms with Crippen molar-refractivity contribution >= 4 is 16.9 Å². The highest BCUT2D eigenvalue weighted by molar-refractivity contribution is 5.99. The number of benzene rings is 1. The maximum Gasteiger partial charge on any atom is 0.251 e. The van der Waals surface area contributed by atoms with Crippen molar-refractivity contribution in [2.75, 3.05) is 13.2 Å². The molecule has 6 heteroatoms. The van der Waals surface area contributed by atoms with E-state index >= 15 is 0 Å². The standard InChI is InChI=1S/C17H19N3O3/c1-2-22-15-11-13(12-16-14(15)5-10-23-16)17(21)18-6-3-8-20-9-4-7-19-20/h4-5,7,9-12H,2-3,6,8H2,1H3,(H,18,21). The first-order valence-corrected chi connectivity index (χ1v) is 7.67. The molecule has 23 heavy (non-hydrogen) atoms. The molecule has 0 fully saturated rings. The molecule has 3 rings (SSSR count). The van der Waals surface area contributed by atoms with Crippen LogP contribution in [0.2, 0.25) is 0 Å². The highest BCUT2D eigenvalue weighted by Crippen LogP contribution is 2.28. The fraction of sp³-hybridized carbons (Fsp3) is 0.294. The lowest BCUT2D eigenvalue weighted by molar-refractivity contribution is 0.0952. The Morgan fingerprint density at radius 3 is 3.13 bits per heavy atom. The number of nitrogens with one attached hydrogen (secondary N) is 1. The van der Waals surface area contributed by atoms with E-state index < -0.39 is 0 Å². The fourth-order valence-electron chi connectivity index (χ4n) is 2.42. The number of furan rings is 1. The number of hydrogen-bond donors (Lipinski definition) is 1. The van der Waals surface area contributed by atoms with Gasteiger partial charge in [-0.05, 0) is 37.6 Å². The van der Waals surface area contributed by atoms with Gasteiger partial charge in [0, 0.05) is 31.0 Å². The van der Waals surface area contributed by atoms with Crippen molar-refractivity contribution in [2.45, 2.75) is 19.9 Å². The summed E-state index contributed by atoms with van der Waals surface area (Å²) in [6.45, 7) is 3.80. The topological polar surface area (TPSA) is 69.3 Å². The van der Waals surface area contributed by atoms with Crippen LogP contribution in [0.1, 0.15) is 23.7 Å². The van der Waals surface area contributed by atoms with Gasteiger partial charge in [0.05, 0.1) is 18.3 Å². The minimum Gasteiger partial charge on any atom is -0.493 e. The molecule has 0 radical (unpaired) electrons. The summed E-state index contributed by atoms with van der Waals surface area (Å²) in [5, 5.41) is 7.91.